The third kappa shape index (κ3) is 4.01. The second-order valence-corrected chi connectivity index (χ2v) is 14.7. The number of hydrogen-bond donors (Lipinski definition) is 2. The molecule has 11 heteroatoms. The highest BCUT2D eigenvalue weighted by atomic mass is 35.5. The molecular formula is C35H32Cl2FN5O3. The lowest BCUT2D eigenvalue weighted by atomic mass is 9.70. The topological polar surface area (TPSA) is 88.5 Å². The summed E-state index contributed by atoms with van der Waals surface area (Å²) >= 11 is 12.9. The number of anilines is 1. The smallest absolute Gasteiger partial charge is 0.251 e. The molecule has 2 amide bonds. The van der Waals surface area contributed by atoms with E-state index in [-0.39, 0.29) is 34.3 Å². The number of benzene rings is 3. The number of ether oxygens (including phenoxy) is 1. The number of halogens is 3. The summed E-state index contributed by atoms with van der Waals surface area (Å²) in [4.78, 5) is 35.4. The number of rotatable bonds is 5. The molecule has 1 saturated carbocycles. The summed E-state index contributed by atoms with van der Waals surface area (Å²) in [7, 11) is 0. The second-order valence-electron chi connectivity index (χ2n) is 13.8. The molecule has 3 fully saturated rings. The average Bonchev–Trinajstić information content (AvgIpc) is 3.61. The Balaban J connectivity index is 1.25. The number of nitrogens with one attached hydrogen (secondary N) is 2. The molecule has 8 nitrogen and oxygen atoms in total. The fourth-order valence-corrected chi connectivity index (χ4v) is 8.92. The van der Waals surface area contributed by atoms with Crippen molar-refractivity contribution in [2.45, 2.75) is 61.7 Å². The Morgan fingerprint density at radius 1 is 1.13 bits per heavy atom. The maximum atomic E-state index is 16.3. The first-order valence-electron chi connectivity index (χ1n) is 15.9. The molecule has 2 N–H and O–H groups in total. The Morgan fingerprint density at radius 3 is 2.72 bits per heavy atom. The number of fused-ring (bicyclic) bond motifs is 7. The monoisotopic (exact) mass is 659 g/mol. The zero-order chi connectivity index (χ0) is 31.5. The second kappa shape index (κ2) is 10.0. The minimum Gasteiger partial charge on any atom is -0.376 e. The van der Waals surface area contributed by atoms with E-state index < -0.39 is 17.3 Å². The van der Waals surface area contributed by atoms with Gasteiger partial charge in [-0.05, 0) is 74.1 Å². The summed E-state index contributed by atoms with van der Waals surface area (Å²) in [6, 6.07) is 16.1. The number of likely N-dealkylation sites (tertiary alicyclic amines) is 1. The van der Waals surface area contributed by atoms with Crippen molar-refractivity contribution >= 4 is 51.7 Å². The first-order chi connectivity index (χ1) is 22.2. The van der Waals surface area contributed by atoms with Crippen molar-refractivity contribution in [3.63, 3.8) is 0 Å². The molecule has 2 saturated heterocycles. The quantitative estimate of drug-likeness (QED) is 0.266. The van der Waals surface area contributed by atoms with Crippen LogP contribution in [0.2, 0.25) is 10.0 Å². The summed E-state index contributed by atoms with van der Waals surface area (Å²) in [6.45, 7) is 4.33. The van der Waals surface area contributed by atoms with Gasteiger partial charge in [0.15, 0.2) is 0 Å². The van der Waals surface area contributed by atoms with Crippen LogP contribution >= 0.6 is 23.2 Å². The van der Waals surface area contributed by atoms with Crippen molar-refractivity contribution < 1.29 is 18.7 Å². The SMILES string of the molecule is CC1(NC(=O)c2ccc3c(c2)nc2n3CC[C@H]3[C@@H]2[C@H](c2cccc(Cl)c2F)[C@]2(C(=O)Nc4cc(Cl)ccc42)N3CC2CC2)COC1. The lowest BCUT2D eigenvalue weighted by Gasteiger charge is -2.40. The molecule has 1 spiro atoms. The van der Waals surface area contributed by atoms with Gasteiger partial charge in [0, 0.05) is 52.8 Å². The van der Waals surface area contributed by atoms with E-state index in [1.54, 1.807) is 24.3 Å². The Hall–Kier alpha value is -3.50. The average molecular weight is 661 g/mol. The first kappa shape index (κ1) is 28.7. The minimum atomic E-state index is -1.19. The van der Waals surface area contributed by atoms with Gasteiger partial charge < -0.3 is 19.9 Å². The van der Waals surface area contributed by atoms with Crippen LogP contribution in [0.15, 0.2) is 54.6 Å². The number of aromatic nitrogens is 2. The summed E-state index contributed by atoms with van der Waals surface area (Å²) in [5.41, 5.74) is 2.40. The van der Waals surface area contributed by atoms with Gasteiger partial charge in [0.25, 0.3) is 5.91 Å². The molecule has 1 aromatic heterocycles. The lowest BCUT2D eigenvalue weighted by Crippen LogP contribution is -2.59. The van der Waals surface area contributed by atoms with Crippen molar-refractivity contribution in [2.75, 3.05) is 25.1 Å². The van der Waals surface area contributed by atoms with Gasteiger partial charge >= 0.3 is 0 Å². The Bertz CT molecular complexity index is 1970. The molecule has 5 heterocycles. The van der Waals surface area contributed by atoms with Gasteiger partial charge in [-0.25, -0.2) is 9.37 Å². The van der Waals surface area contributed by atoms with Crippen molar-refractivity contribution in [3.05, 3.63) is 93.0 Å². The molecule has 3 aromatic carbocycles. The van der Waals surface area contributed by atoms with E-state index in [0.29, 0.717) is 53.0 Å². The minimum absolute atomic E-state index is 0.0186. The van der Waals surface area contributed by atoms with Gasteiger partial charge in [-0.1, -0.05) is 41.4 Å². The Morgan fingerprint density at radius 2 is 1.96 bits per heavy atom. The van der Waals surface area contributed by atoms with Crippen LogP contribution < -0.4 is 10.6 Å². The maximum absolute atomic E-state index is 16.3. The largest absolute Gasteiger partial charge is 0.376 e. The fourth-order valence-electron chi connectivity index (χ4n) is 8.56. The number of carbonyl (C=O) groups is 2. The van der Waals surface area contributed by atoms with Crippen molar-refractivity contribution in [1.29, 1.82) is 0 Å². The number of aryl methyl sites for hydroxylation is 1. The number of carbonyl (C=O) groups excluding carboxylic acids is 2. The van der Waals surface area contributed by atoms with E-state index in [2.05, 4.69) is 20.1 Å². The predicted octanol–water partition coefficient (Wildman–Crippen LogP) is 6.21. The molecule has 4 aromatic rings. The molecule has 0 unspecified atom stereocenters. The molecule has 0 radical (unpaired) electrons. The third-order valence-corrected chi connectivity index (χ3v) is 11.3. The van der Waals surface area contributed by atoms with Crippen LogP contribution in [0.25, 0.3) is 11.0 Å². The zero-order valence-corrected chi connectivity index (χ0v) is 26.7. The van der Waals surface area contributed by atoms with Crippen LogP contribution in [0.4, 0.5) is 10.1 Å². The normalized spacial score (nSPS) is 27.7. The molecular weight excluding hydrogens is 628 g/mol. The molecule has 236 valence electrons. The van der Waals surface area contributed by atoms with E-state index in [1.165, 1.54) is 0 Å². The molecule has 5 aliphatic rings. The highest BCUT2D eigenvalue weighted by Gasteiger charge is 2.69. The van der Waals surface area contributed by atoms with Crippen LogP contribution in [-0.4, -0.2) is 57.6 Å². The van der Waals surface area contributed by atoms with Crippen molar-refractivity contribution in [2.24, 2.45) is 5.92 Å². The molecule has 4 atom stereocenters. The lowest BCUT2D eigenvalue weighted by molar-refractivity contribution is -0.128. The standard InChI is InChI=1S/C35H32Cl2FN5O3/c1-34(16-46-17-34)41-32(44)19-7-10-26-25(13-19)39-31-28-27(11-12-42(26)31)43(15-18-5-6-18)35(29(28)21-3-2-4-23(37)30(21)38)22-9-8-20(36)14-24(22)40-33(35)45/h2-4,7-10,13-14,18,27-29H,5-6,11-12,15-17H2,1H3,(H,40,45)(H,41,44)/t27-,28+,29-,35+/m0/s1. The van der Waals surface area contributed by atoms with E-state index in [0.717, 1.165) is 42.7 Å². The number of nitrogens with zero attached hydrogens (tertiary/aromatic N) is 3. The summed E-state index contributed by atoms with van der Waals surface area (Å²) in [6.07, 6.45) is 2.96. The molecule has 46 heavy (non-hydrogen) atoms. The third-order valence-electron chi connectivity index (χ3n) is 10.8. The molecule has 9 rings (SSSR count). The van der Waals surface area contributed by atoms with E-state index in [1.807, 2.05) is 37.3 Å². The fraction of sp³-hybridized carbons (Fsp3) is 0.400. The maximum Gasteiger partial charge on any atom is 0.251 e. The molecule has 0 bridgehead atoms. The van der Waals surface area contributed by atoms with Crippen molar-refractivity contribution in [3.8, 4) is 0 Å². The highest BCUT2D eigenvalue weighted by molar-refractivity contribution is 6.31. The van der Waals surface area contributed by atoms with E-state index in [4.69, 9.17) is 32.9 Å². The van der Waals surface area contributed by atoms with Crippen LogP contribution in [0, 0.1) is 11.7 Å². The van der Waals surface area contributed by atoms with E-state index in [9.17, 15) is 9.59 Å². The van der Waals surface area contributed by atoms with Gasteiger partial charge in [-0.2, -0.15) is 0 Å². The van der Waals surface area contributed by atoms with Crippen LogP contribution in [0.5, 0.6) is 0 Å². The van der Waals surface area contributed by atoms with Gasteiger partial charge in [0.2, 0.25) is 5.91 Å². The molecule has 4 aliphatic heterocycles. The summed E-state index contributed by atoms with van der Waals surface area (Å²) in [5, 5.41) is 6.75. The Labute approximate surface area is 275 Å². The van der Waals surface area contributed by atoms with Crippen molar-refractivity contribution in [1.82, 2.24) is 19.8 Å². The number of hydrogen-bond acceptors (Lipinski definition) is 5. The summed E-state index contributed by atoms with van der Waals surface area (Å²) in [5.74, 6) is -0.576. The van der Waals surface area contributed by atoms with Gasteiger partial charge in [-0.15, -0.1) is 0 Å². The predicted molar refractivity (Wildman–Crippen MR) is 173 cm³/mol. The Kier molecular flexibility index (Phi) is 6.24. The van der Waals surface area contributed by atoms with Gasteiger partial charge in [0.05, 0.1) is 34.8 Å². The van der Waals surface area contributed by atoms with E-state index >= 15 is 4.39 Å². The molecule has 1 aliphatic carbocycles. The summed E-state index contributed by atoms with van der Waals surface area (Å²) < 4.78 is 23.8. The highest BCUT2D eigenvalue weighted by Crippen LogP contribution is 2.64. The van der Waals surface area contributed by atoms with Gasteiger partial charge in [0.1, 0.15) is 17.2 Å². The van der Waals surface area contributed by atoms with Crippen LogP contribution in [0.3, 0.4) is 0 Å². The number of imidazole rings is 1. The first-order valence-corrected chi connectivity index (χ1v) is 16.7. The zero-order valence-electron chi connectivity index (χ0n) is 25.2. The number of amides is 2. The van der Waals surface area contributed by atoms with Crippen LogP contribution in [-0.2, 0) is 21.6 Å². The van der Waals surface area contributed by atoms with Crippen LogP contribution in [0.1, 0.15) is 65.3 Å². The van der Waals surface area contributed by atoms with Gasteiger partial charge in [-0.3, -0.25) is 14.5 Å².